The molecule has 1 aliphatic carbocycles. The average Bonchev–Trinajstić information content (AvgIpc) is 2.74. The van der Waals surface area contributed by atoms with Crippen molar-refractivity contribution in [3.63, 3.8) is 0 Å². The van der Waals surface area contributed by atoms with Crippen molar-refractivity contribution < 1.29 is 19.5 Å². The average molecular weight is 225 g/mol. The van der Waals surface area contributed by atoms with E-state index in [0.717, 1.165) is 12.8 Å². The van der Waals surface area contributed by atoms with Crippen molar-refractivity contribution in [3.8, 4) is 0 Å². The van der Waals surface area contributed by atoms with Crippen LogP contribution in [-0.2, 0) is 14.4 Å². The highest BCUT2D eigenvalue weighted by Crippen LogP contribution is 2.40. The van der Waals surface area contributed by atoms with Crippen molar-refractivity contribution in [2.45, 2.75) is 50.5 Å². The third kappa shape index (κ3) is 1.70. The highest BCUT2D eigenvalue weighted by atomic mass is 16.4. The van der Waals surface area contributed by atoms with Crippen LogP contribution in [0.4, 0.5) is 0 Å². The van der Waals surface area contributed by atoms with E-state index in [1.165, 1.54) is 4.90 Å². The van der Waals surface area contributed by atoms with E-state index in [1.807, 2.05) is 0 Å². The monoisotopic (exact) mass is 225 g/mol. The van der Waals surface area contributed by atoms with Gasteiger partial charge < -0.3 is 5.11 Å². The molecule has 1 saturated heterocycles. The Labute approximate surface area is 93.4 Å². The van der Waals surface area contributed by atoms with Gasteiger partial charge in [-0.1, -0.05) is 12.8 Å². The Balaban J connectivity index is 2.27. The molecule has 2 fully saturated rings. The maximum absolute atomic E-state index is 11.7. The van der Waals surface area contributed by atoms with Gasteiger partial charge in [-0.3, -0.25) is 19.3 Å². The summed E-state index contributed by atoms with van der Waals surface area (Å²) in [6, 6.07) is 0. The molecular formula is C11H15NO4. The number of carboxylic acid groups (broad SMARTS) is 1. The second-order valence-corrected chi connectivity index (χ2v) is 4.62. The molecule has 16 heavy (non-hydrogen) atoms. The fraction of sp³-hybridized carbons (Fsp3) is 0.727. The molecule has 0 radical (unpaired) electrons. The number of nitrogens with zero attached hydrogens (tertiary/aromatic N) is 1. The maximum atomic E-state index is 11.7. The molecule has 0 aromatic rings. The molecule has 1 saturated carbocycles. The van der Waals surface area contributed by atoms with Crippen LogP contribution in [-0.4, -0.2) is 33.3 Å². The van der Waals surface area contributed by atoms with Crippen LogP contribution in [0.2, 0.25) is 0 Å². The molecule has 1 aliphatic heterocycles. The van der Waals surface area contributed by atoms with E-state index in [0.29, 0.717) is 12.8 Å². The van der Waals surface area contributed by atoms with Crippen LogP contribution in [0.15, 0.2) is 0 Å². The number of carbonyl (C=O) groups is 3. The van der Waals surface area contributed by atoms with Gasteiger partial charge in [-0.15, -0.1) is 0 Å². The molecule has 0 atom stereocenters. The number of likely N-dealkylation sites (tertiary alicyclic amines) is 1. The minimum atomic E-state index is -0.936. The first kappa shape index (κ1) is 11.1. The van der Waals surface area contributed by atoms with Crippen LogP contribution in [0.3, 0.4) is 0 Å². The molecule has 5 heteroatoms. The zero-order chi connectivity index (χ0) is 11.8. The van der Waals surface area contributed by atoms with E-state index < -0.39 is 11.5 Å². The number of rotatable bonds is 3. The fourth-order valence-corrected chi connectivity index (χ4v) is 2.90. The molecular weight excluding hydrogens is 210 g/mol. The number of amides is 2. The number of hydrogen-bond acceptors (Lipinski definition) is 3. The Morgan fingerprint density at radius 2 is 1.69 bits per heavy atom. The highest BCUT2D eigenvalue weighted by Gasteiger charge is 2.48. The third-order valence-electron chi connectivity index (χ3n) is 3.54. The minimum absolute atomic E-state index is 0.107. The van der Waals surface area contributed by atoms with Gasteiger partial charge in [-0.25, -0.2) is 0 Å². The van der Waals surface area contributed by atoms with Crippen molar-refractivity contribution in [1.82, 2.24) is 4.90 Å². The summed E-state index contributed by atoms with van der Waals surface area (Å²) in [6.45, 7) is 0. The smallest absolute Gasteiger partial charge is 0.305 e. The molecule has 2 aliphatic rings. The zero-order valence-corrected chi connectivity index (χ0v) is 9.07. The summed E-state index contributed by atoms with van der Waals surface area (Å²) in [5.74, 6) is -1.34. The lowest BCUT2D eigenvalue weighted by atomic mass is 9.91. The Bertz CT molecular complexity index is 328. The number of carboxylic acids is 1. The van der Waals surface area contributed by atoms with Gasteiger partial charge in [-0.2, -0.15) is 0 Å². The summed E-state index contributed by atoms with van der Waals surface area (Å²) in [5, 5.41) is 8.92. The minimum Gasteiger partial charge on any atom is -0.481 e. The van der Waals surface area contributed by atoms with Gasteiger partial charge in [0.2, 0.25) is 11.8 Å². The van der Waals surface area contributed by atoms with E-state index in [-0.39, 0.29) is 31.1 Å². The van der Waals surface area contributed by atoms with Crippen molar-refractivity contribution in [1.29, 1.82) is 0 Å². The standard InChI is InChI=1S/C11H15NO4/c13-8-3-4-9(14)12(8)11(7-10(15)16)5-1-2-6-11/h1-7H2,(H,15,16). The molecule has 88 valence electrons. The molecule has 0 unspecified atom stereocenters. The molecule has 5 nitrogen and oxygen atoms in total. The molecule has 2 amide bonds. The molecule has 1 N–H and O–H groups in total. The van der Waals surface area contributed by atoms with E-state index in [2.05, 4.69) is 0 Å². The molecule has 0 bridgehead atoms. The van der Waals surface area contributed by atoms with Crippen LogP contribution >= 0.6 is 0 Å². The molecule has 1 heterocycles. The van der Waals surface area contributed by atoms with Crippen LogP contribution in [0.5, 0.6) is 0 Å². The van der Waals surface area contributed by atoms with E-state index >= 15 is 0 Å². The second-order valence-electron chi connectivity index (χ2n) is 4.62. The second kappa shape index (κ2) is 3.88. The van der Waals surface area contributed by atoms with Crippen molar-refractivity contribution in [3.05, 3.63) is 0 Å². The molecule has 0 spiro atoms. The quantitative estimate of drug-likeness (QED) is 0.725. The SMILES string of the molecule is O=C(O)CC1(N2C(=O)CCC2=O)CCCC1. The Kier molecular flexibility index (Phi) is 2.69. The van der Waals surface area contributed by atoms with Gasteiger partial charge in [0.25, 0.3) is 0 Å². The summed E-state index contributed by atoms with van der Waals surface area (Å²) < 4.78 is 0. The zero-order valence-electron chi connectivity index (χ0n) is 9.07. The van der Waals surface area contributed by atoms with Gasteiger partial charge >= 0.3 is 5.97 Å². The predicted molar refractivity (Wildman–Crippen MR) is 54.5 cm³/mol. The summed E-state index contributed by atoms with van der Waals surface area (Å²) in [4.78, 5) is 35.5. The first-order chi connectivity index (χ1) is 7.55. The summed E-state index contributed by atoms with van der Waals surface area (Å²) >= 11 is 0. The van der Waals surface area contributed by atoms with E-state index in [4.69, 9.17) is 5.11 Å². The summed E-state index contributed by atoms with van der Waals surface area (Å²) in [6.07, 6.45) is 3.42. The topological polar surface area (TPSA) is 74.7 Å². The Hall–Kier alpha value is -1.39. The van der Waals surface area contributed by atoms with Crippen LogP contribution < -0.4 is 0 Å². The summed E-state index contributed by atoms with van der Waals surface area (Å²) in [5.41, 5.74) is -0.726. The molecule has 2 rings (SSSR count). The lowest BCUT2D eigenvalue weighted by molar-refractivity contribution is -0.149. The molecule has 0 aromatic heterocycles. The largest absolute Gasteiger partial charge is 0.481 e. The normalized spacial score (nSPS) is 24.1. The van der Waals surface area contributed by atoms with Crippen molar-refractivity contribution in [2.75, 3.05) is 0 Å². The number of hydrogen-bond donors (Lipinski definition) is 1. The van der Waals surface area contributed by atoms with Crippen molar-refractivity contribution in [2.24, 2.45) is 0 Å². The lowest BCUT2D eigenvalue weighted by Crippen LogP contribution is -2.50. The van der Waals surface area contributed by atoms with Gasteiger partial charge in [0.05, 0.1) is 12.0 Å². The number of carbonyl (C=O) groups excluding carboxylic acids is 2. The van der Waals surface area contributed by atoms with Crippen LogP contribution in [0.1, 0.15) is 44.9 Å². The van der Waals surface area contributed by atoms with Gasteiger partial charge in [-0.05, 0) is 12.8 Å². The Morgan fingerprint density at radius 3 is 2.12 bits per heavy atom. The lowest BCUT2D eigenvalue weighted by Gasteiger charge is -2.36. The molecule has 0 aromatic carbocycles. The van der Waals surface area contributed by atoms with Gasteiger partial charge in [0, 0.05) is 12.8 Å². The summed E-state index contributed by atoms with van der Waals surface area (Å²) in [7, 11) is 0. The van der Waals surface area contributed by atoms with Crippen LogP contribution in [0.25, 0.3) is 0 Å². The predicted octanol–water partition coefficient (Wildman–Crippen LogP) is 0.923. The third-order valence-corrected chi connectivity index (χ3v) is 3.54. The first-order valence-corrected chi connectivity index (χ1v) is 5.63. The van der Waals surface area contributed by atoms with Gasteiger partial charge in [0.15, 0.2) is 0 Å². The number of imide groups is 1. The highest BCUT2D eigenvalue weighted by molar-refractivity contribution is 6.03. The maximum Gasteiger partial charge on any atom is 0.305 e. The van der Waals surface area contributed by atoms with Crippen molar-refractivity contribution >= 4 is 17.8 Å². The van der Waals surface area contributed by atoms with E-state index in [1.54, 1.807) is 0 Å². The number of aliphatic carboxylic acids is 1. The first-order valence-electron chi connectivity index (χ1n) is 5.63. The van der Waals surface area contributed by atoms with E-state index in [9.17, 15) is 14.4 Å². The van der Waals surface area contributed by atoms with Crippen LogP contribution in [0, 0.1) is 0 Å². The Morgan fingerprint density at radius 1 is 1.19 bits per heavy atom. The van der Waals surface area contributed by atoms with Gasteiger partial charge in [0.1, 0.15) is 0 Å². The fourth-order valence-electron chi connectivity index (χ4n) is 2.90.